The van der Waals surface area contributed by atoms with Gasteiger partial charge in [0.25, 0.3) is 0 Å². The molecule has 0 atom stereocenters. The third-order valence-electron chi connectivity index (χ3n) is 0.312. The van der Waals surface area contributed by atoms with Gasteiger partial charge in [0, 0.05) is 33.8 Å². The molecule has 0 aliphatic rings. The standard InChI is InChI=1S/4CH2O4.Co.Fe/c4*2-1(3)5-4;;/h4*4H,(H,2,3);;. The van der Waals surface area contributed by atoms with E-state index in [1.54, 1.807) is 0 Å². The van der Waals surface area contributed by atoms with Gasteiger partial charge < -0.3 is 20.4 Å². The van der Waals surface area contributed by atoms with Gasteiger partial charge in [-0.15, -0.1) is 0 Å². The molecular formula is C4H8CoFeO16. The van der Waals surface area contributed by atoms with Crippen LogP contribution < -0.4 is 0 Å². The fourth-order valence-electron chi connectivity index (χ4n) is 0. The monoisotopic (exact) mass is 427 g/mol. The van der Waals surface area contributed by atoms with Gasteiger partial charge in [0.1, 0.15) is 0 Å². The smallest absolute Gasteiger partial charge is 0.448 e. The number of carbonyl (C=O) groups is 4. The first-order valence-electron chi connectivity index (χ1n) is 3.26. The summed E-state index contributed by atoms with van der Waals surface area (Å²) in [5.74, 6) is 0. The van der Waals surface area contributed by atoms with Crippen LogP contribution in [-0.2, 0) is 53.4 Å². The van der Waals surface area contributed by atoms with Crippen molar-refractivity contribution in [1.29, 1.82) is 0 Å². The maximum atomic E-state index is 8.90. The molecule has 0 aromatic rings. The van der Waals surface area contributed by atoms with Gasteiger partial charge in [0.05, 0.1) is 0 Å². The maximum Gasteiger partial charge on any atom is 0.537 e. The molecule has 1 radical (unpaired) electrons. The van der Waals surface area contributed by atoms with Gasteiger partial charge in [-0.25, -0.2) is 19.2 Å². The van der Waals surface area contributed by atoms with Crippen LogP contribution >= 0.6 is 0 Å². The van der Waals surface area contributed by atoms with Crippen molar-refractivity contribution in [3.8, 4) is 0 Å². The first-order chi connectivity index (χ1) is 9.08. The summed E-state index contributed by atoms with van der Waals surface area (Å²) in [6.45, 7) is 0. The van der Waals surface area contributed by atoms with Crippen LogP contribution in [0.4, 0.5) is 19.2 Å². The second kappa shape index (κ2) is 31.4. The largest absolute Gasteiger partial charge is 0.537 e. The van der Waals surface area contributed by atoms with Crippen molar-refractivity contribution >= 4 is 24.6 Å². The summed E-state index contributed by atoms with van der Waals surface area (Å²) in [5, 5.41) is 57.2. The predicted molar refractivity (Wildman–Crippen MR) is 47.0 cm³/mol. The summed E-state index contributed by atoms with van der Waals surface area (Å²) in [5.41, 5.74) is 0. The van der Waals surface area contributed by atoms with Crippen molar-refractivity contribution in [2.75, 3.05) is 0 Å². The molecule has 0 saturated heterocycles. The summed E-state index contributed by atoms with van der Waals surface area (Å²) in [4.78, 5) is 46.2. The van der Waals surface area contributed by atoms with Crippen LogP contribution in [0.2, 0.25) is 0 Å². The Morgan fingerprint density at radius 1 is 0.500 bits per heavy atom. The third-order valence-corrected chi connectivity index (χ3v) is 0.312. The Morgan fingerprint density at radius 2 is 0.545 bits per heavy atom. The second-order valence-corrected chi connectivity index (χ2v) is 1.43. The van der Waals surface area contributed by atoms with E-state index in [2.05, 4.69) is 19.6 Å². The van der Waals surface area contributed by atoms with Gasteiger partial charge in [-0.1, -0.05) is 0 Å². The van der Waals surface area contributed by atoms with E-state index in [1.807, 2.05) is 0 Å². The van der Waals surface area contributed by atoms with Crippen LogP contribution in [-0.4, -0.2) is 66.1 Å². The van der Waals surface area contributed by atoms with Gasteiger partial charge in [-0.05, 0) is 0 Å². The molecule has 0 aliphatic carbocycles. The van der Waals surface area contributed by atoms with Crippen molar-refractivity contribution in [3.63, 3.8) is 0 Å². The fraction of sp³-hybridized carbons (Fsp3) is 0. The number of hydrogen-bond donors (Lipinski definition) is 8. The van der Waals surface area contributed by atoms with Gasteiger partial charge in [-0.2, -0.15) is 21.0 Å². The molecule has 0 aromatic carbocycles. The van der Waals surface area contributed by atoms with Gasteiger partial charge in [-0.3, -0.25) is 19.6 Å². The van der Waals surface area contributed by atoms with Crippen LogP contribution in [0.25, 0.3) is 0 Å². The molecule has 18 heteroatoms. The van der Waals surface area contributed by atoms with Gasteiger partial charge in [0.15, 0.2) is 0 Å². The SMILES string of the molecule is O=C(O)OO.O=C(O)OO.O=C(O)OO.O=C(O)OO.[Co].[Fe]. The molecule has 0 saturated carbocycles. The number of carboxylic acid groups (broad SMARTS) is 4. The summed E-state index contributed by atoms with van der Waals surface area (Å²) < 4.78 is 0. The Hall–Kier alpha value is -2.05. The van der Waals surface area contributed by atoms with Gasteiger partial charge in [0.2, 0.25) is 0 Å². The van der Waals surface area contributed by atoms with Crippen molar-refractivity contribution in [2.24, 2.45) is 0 Å². The quantitative estimate of drug-likeness (QED) is 0.114. The van der Waals surface area contributed by atoms with E-state index >= 15 is 0 Å². The Kier molecular flexibility index (Phi) is 52.5. The van der Waals surface area contributed by atoms with Crippen LogP contribution in [0, 0.1) is 0 Å². The molecule has 137 valence electrons. The molecule has 0 fully saturated rings. The molecule has 22 heavy (non-hydrogen) atoms. The first kappa shape index (κ1) is 36.8. The van der Waals surface area contributed by atoms with E-state index in [1.165, 1.54) is 0 Å². The Balaban J connectivity index is -0.0000000376. The van der Waals surface area contributed by atoms with E-state index in [-0.39, 0.29) is 33.8 Å². The zero-order valence-electron chi connectivity index (χ0n) is 9.53. The molecular weight excluding hydrogens is 419 g/mol. The maximum absolute atomic E-state index is 8.90. The molecule has 0 unspecified atom stereocenters. The van der Waals surface area contributed by atoms with E-state index in [0.29, 0.717) is 0 Å². The summed E-state index contributed by atoms with van der Waals surface area (Å²) in [6.07, 6.45) is -6.76. The summed E-state index contributed by atoms with van der Waals surface area (Å²) >= 11 is 0. The fourth-order valence-corrected chi connectivity index (χ4v) is 0. The molecule has 0 spiro atoms. The number of rotatable bonds is 0. The summed E-state index contributed by atoms with van der Waals surface area (Å²) in [7, 11) is 0. The van der Waals surface area contributed by atoms with E-state index in [9.17, 15) is 0 Å². The number of hydrogen-bond acceptors (Lipinski definition) is 12. The minimum atomic E-state index is -1.69. The second-order valence-electron chi connectivity index (χ2n) is 1.43. The molecule has 0 heterocycles. The average Bonchev–Trinajstić information content (AvgIpc) is 2.40. The molecule has 0 amide bonds. The minimum Gasteiger partial charge on any atom is -0.448 e. The third kappa shape index (κ3) is 146. The first-order valence-corrected chi connectivity index (χ1v) is 3.26. The van der Waals surface area contributed by atoms with Crippen LogP contribution in [0.5, 0.6) is 0 Å². The van der Waals surface area contributed by atoms with E-state index < -0.39 is 24.6 Å². The van der Waals surface area contributed by atoms with Crippen molar-refractivity contribution in [3.05, 3.63) is 0 Å². The minimum absolute atomic E-state index is 0. The van der Waals surface area contributed by atoms with Gasteiger partial charge >= 0.3 is 24.6 Å². The molecule has 0 bridgehead atoms. The summed E-state index contributed by atoms with van der Waals surface area (Å²) in [6, 6.07) is 0. The zero-order valence-corrected chi connectivity index (χ0v) is 11.7. The predicted octanol–water partition coefficient (Wildman–Crippen LogP) is 0.611. The van der Waals surface area contributed by atoms with E-state index in [4.69, 9.17) is 60.6 Å². The Morgan fingerprint density at radius 3 is 0.545 bits per heavy atom. The topological polar surface area (TPSA) is 267 Å². The van der Waals surface area contributed by atoms with Crippen LogP contribution in [0.3, 0.4) is 0 Å². The molecule has 16 nitrogen and oxygen atoms in total. The van der Waals surface area contributed by atoms with E-state index in [0.717, 1.165) is 0 Å². The Labute approximate surface area is 139 Å². The van der Waals surface area contributed by atoms with Crippen LogP contribution in [0.1, 0.15) is 0 Å². The van der Waals surface area contributed by atoms with Crippen molar-refractivity contribution in [2.45, 2.75) is 0 Å². The molecule has 0 aliphatic heterocycles. The molecule has 0 rings (SSSR count). The zero-order chi connectivity index (χ0) is 17.1. The van der Waals surface area contributed by atoms with Crippen molar-refractivity contribution < 1.29 is 114 Å². The Bertz CT molecular complexity index is 223. The molecule has 8 N–H and O–H groups in total. The average molecular weight is 427 g/mol. The van der Waals surface area contributed by atoms with Crippen LogP contribution in [0.15, 0.2) is 0 Å². The normalized spacial score (nSPS) is 6.00. The van der Waals surface area contributed by atoms with Crippen molar-refractivity contribution in [1.82, 2.24) is 0 Å². The molecule has 0 aromatic heterocycles.